The van der Waals surface area contributed by atoms with Crippen molar-refractivity contribution in [1.29, 1.82) is 0 Å². The fourth-order valence-corrected chi connectivity index (χ4v) is 1.03. The molecule has 19 heavy (non-hydrogen) atoms. The molecule has 0 aliphatic carbocycles. The van der Waals surface area contributed by atoms with Crippen LogP contribution in [0, 0.1) is 0 Å². The monoisotopic (exact) mass is 278 g/mol. The third-order valence-electron chi connectivity index (χ3n) is 1.98. The molecule has 0 rings (SSSR count). The quantitative estimate of drug-likeness (QED) is 0.472. The number of aliphatic hydroxyl groups excluding tert-OH is 2. The standard InChI is InChI=1S/C8H18N2.C4H10O.C2H6O2/c1-8(4-2-6-9)5-3-7-10;1-3-5-4-2;3-1-2-4/h1-7,9-10H2;3-4H2,1-2H3;3-4H,1-2H2. The van der Waals surface area contributed by atoms with Crippen LogP contribution in [-0.2, 0) is 4.74 Å². The Balaban J connectivity index is -0.000000238. The van der Waals surface area contributed by atoms with E-state index >= 15 is 0 Å². The maximum Gasteiger partial charge on any atom is 0.0662 e. The summed E-state index contributed by atoms with van der Waals surface area (Å²) in [5.41, 5.74) is 12.0. The molecule has 0 spiro atoms. The summed E-state index contributed by atoms with van der Waals surface area (Å²) in [5, 5.41) is 15.2. The second-order valence-electron chi connectivity index (χ2n) is 3.76. The van der Waals surface area contributed by atoms with E-state index in [2.05, 4.69) is 6.58 Å². The molecule has 0 amide bonds. The molecule has 0 aromatic rings. The van der Waals surface area contributed by atoms with Gasteiger partial charge in [-0.05, 0) is 52.6 Å². The van der Waals surface area contributed by atoms with Crippen LogP contribution < -0.4 is 11.5 Å². The number of ether oxygens (including phenoxy) is 1. The van der Waals surface area contributed by atoms with Crippen molar-refractivity contribution >= 4 is 0 Å². The van der Waals surface area contributed by atoms with Gasteiger partial charge in [-0.2, -0.15) is 0 Å². The van der Waals surface area contributed by atoms with Gasteiger partial charge in [0.05, 0.1) is 13.2 Å². The third-order valence-corrected chi connectivity index (χ3v) is 1.98. The smallest absolute Gasteiger partial charge is 0.0662 e. The van der Waals surface area contributed by atoms with Crippen molar-refractivity contribution in [1.82, 2.24) is 0 Å². The molecule has 0 atom stereocenters. The lowest BCUT2D eigenvalue weighted by Gasteiger charge is -2.01. The predicted molar refractivity (Wildman–Crippen MR) is 82.1 cm³/mol. The van der Waals surface area contributed by atoms with E-state index in [9.17, 15) is 0 Å². The molecule has 5 heteroatoms. The Bertz CT molecular complexity index is 142. The lowest BCUT2D eigenvalue weighted by Crippen LogP contribution is -2.01. The molecule has 0 saturated heterocycles. The molecule has 6 N–H and O–H groups in total. The van der Waals surface area contributed by atoms with Crippen LogP contribution in [0.3, 0.4) is 0 Å². The molecule has 0 aromatic heterocycles. The van der Waals surface area contributed by atoms with Gasteiger partial charge in [0.25, 0.3) is 0 Å². The maximum atomic E-state index is 7.62. The number of rotatable bonds is 9. The van der Waals surface area contributed by atoms with Crippen LogP contribution in [0.15, 0.2) is 12.2 Å². The van der Waals surface area contributed by atoms with Crippen LogP contribution in [-0.4, -0.2) is 49.7 Å². The molecule has 5 nitrogen and oxygen atoms in total. The van der Waals surface area contributed by atoms with Gasteiger partial charge in [0, 0.05) is 13.2 Å². The molecule has 0 radical (unpaired) electrons. The SMILES string of the molecule is C=C(CCCN)CCCN.CCOCC.OCCO. The molecule has 118 valence electrons. The highest BCUT2D eigenvalue weighted by Gasteiger charge is 1.91. The van der Waals surface area contributed by atoms with Crippen molar-refractivity contribution < 1.29 is 14.9 Å². The van der Waals surface area contributed by atoms with Gasteiger partial charge >= 0.3 is 0 Å². The van der Waals surface area contributed by atoms with E-state index in [-0.39, 0.29) is 13.2 Å². The summed E-state index contributed by atoms with van der Waals surface area (Å²) in [5.74, 6) is 0. The van der Waals surface area contributed by atoms with Crippen LogP contribution in [0.1, 0.15) is 39.5 Å². The molecule has 0 unspecified atom stereocenters. The Labute approximate surface area is 118 Å². The third kappa shape index (κ3) is 38.1. The molecule has 0 saturated carbocycles. The van der Waals surface area contributed by atoms with E-state index in [0.29, 0.717) is 0 Å². The van der Waals surface area contributed by atoms with Crippen molar-refractivity contribution in [3.8, 4) is 0 Å². The normalized spacial score (nSPS) is 8.95. The molecule has 0 aliphatic heterocycles. The van der Waals surface area contributed by atoms with Crippen LogP contribution in [0.5, 0.6) is 0 Å². The second kappa shape index (κ2) is 26.2. The van der Waals surface area contributed by atoms with Crippen molar-refractivity contribution in [2.75, 3.05) is 39.5 Å². The highest BCUT2D eigenvalue weighted by molar-refractivity contribution is 4.93. The second-order valence-corrected chi connectivity index (χ2v) is 3.76. The molecule has 0 aromatic carbocycles. The average Bonchev–Trinajstić information content (AvgIpc) is 2.44. The highest BCUT2D eigenvalue weighted by Crippen LogP contribution is 2.07. The summed E-state index contributed by atoms with van der Waals surface area (Å²) < 4.78 is 4.83. The van der Waals surface area contributed by atoms with Gasteiger partial charge < -0.3 is 26.4 Å². The minimum atomic E-state index is -0.125. The molecule has 0 fully saturated rings. The Morgan fingerprint density at radius 3 is 1.47 bits per heavy atom. The molecular formula is C14H34N2O3. The van der Waals surface area contributed by atoms with Gasteiger partial charge in [0.15, 0.2) is 0 Å². The predicted octanol–water partition coefficient (Wildman–Crippen LogP) is 1.03. The summed E-state index contributed by atoms with van der Waals surface area (Å²) in [6.07, 6.45) is 4.25. The van der Waals surface area contributed by atoms with Gasteiger partial charge in [0.1, 0.15) is 0 Å². The lowest BCUT2D eigenvalue weighted by atomic mass is 10.1. The maximum absolute atomic E-state index is 7.62. The van der Waals surface area contributed by atoms with E-state index in [1.165, 1.54) is 5.57 Å². The number of nitrogens with two attached hydrogens (primary N) is 2. The number of hydrogen-bond donors (Lipinski definition) is 4. The highest BCUT2D eigenvalue weighted by atomic mass is 16.5. The summed E-state index contributed by atoms with van der Waals surface area (Å²) in [7, 11) is 0. The molecule has 0 heterocycles. The molecule has 0 bridgehead atoms. The first kappa shape index (κ1) is 23.6. The van der Waals surface area contributed by atoms with Crippen LogP contribution in [0.25, 0.3) is 0 Å². The topological polar surface area (TPSA) is 102 Å². The Morgan fingerprint density at radius 2 is 1.32 bits per heavy atom. The first-order chi connectivity index (χ1) is 9.14. The van der Waals surface area contributed by atoms with E-state index in [0.717, 1.165) is 52.0 Å². The lowest BCUT2D eigenvalue weighted by molar-refractivity contribution is 0.162. The number of allylic oxidation sites excluding steroid dienone is 1. The fraction of sp³-hybridized carbons (Fsp3) is 0.857. The average molecular weight is 278 g/mol. The summed E-state index contributed by atoms with van der Waals surface area (Å²) in [6, 6.07) is 0. The van der Waals surface area contributed by atoms with Crippen molar-refractivity contribution in [3.63, 3.8) is 0 Å². The summed E-state index contributed by atoms with van der Waals surface area (Å²) in [4.78, 5) is 0. The summed E-state index contributed by atoms with van der Waals surface area (Å²) in [6.45, 7) is 10.9. The van der Waals surface area contributed by atoms with Gasteiger partial charge in [-0.3, -0.25) is 0 Å². The first-order valence-electron chi connectivity index (χ1n) is 7.00. The van der Waals surface area contributed by atoms with Gasteiger partial charge in [-0.25, -0.2) is 0 Å². The Kier molecular flexibility index (Phi) is 32.5. The minimum absolute atomic E-state index is 0.125. The van der Waals surface area contributed by atoms with Gasteiger partial charge in [-0.1, -0.05) is 12.2 Å². The largest absolute Gasteiger partial charge is 0.394 e. The van der Waals surface area contributed by atoms with Gasteiger partial charge in [0.2, 0.25) is 0 Å². The molecule has 0 aliphatic rings. The van der Waals surface area contributed by atoms with E-state index < -0.39 is 0 Å². The van der Waals surface area contributed by atoms with Crippen molar-refractivity contribution in [3.05, 3.63) is 12.2 Å². The Hall–Kier alpha value is -0.460. The number of aliphatic hydroxyl groups is 2. The van der Waals surface area contributed by atoms with E-state index in [1.807, 2.05) is 13.8 Å². The summed E-state index contributed by atoms with van der Waals surface area (Å²) >= 11 is 0. The number of hydrogen-bond acceptors (Lipinski definition) is 5. The minimum Gasteiger partial charge on any atom is -0.394 e. The van der Waals surface area contributed by atoms with Crippen molar-refractivity contribution in [2.45, 2.75) is 39.5 Å². The van der Waals surface area contributed by atoms with Crippen molar-refractivity contribution in [2.24, 2.45) is 11.5 Å². The zero-order chi connectivity index (χ0) is 15.4. The van der Waals surface area contributed by atoms with Gasteiger partial charge in [-0.15, -0.1) is 0 Å². The molecular weight excluding hydrogens is 244 g/mol. The Morgan fingerprint density at radius 1 is 0.947 bits per heavy atom. The van der Waals surface area contributed by atoms with Crippen LogP contribution in [0.4, 0.5) is 0 Å². The first-order valence-corrected chi connectivity index (χ1v) is 7.00. The van der Waals surface area contributed by atoms with E-state index in [1.54, 1.807) is 0 Å². The zero-order valence-corrected chi connectivity index (χ0v) is 12.7. The van der Waals surface area contributed by atoms with Crippen LogP contribution >= 0.6 is 0 Å². The van der Waals surface area contributed by atoms with Crippen LogP contribution in [0.2, 0.25) is 0 Å². The zero-order valence-electron chi connectivity index (χ0n) is 12.7. The van der Waals surface area contributed by atoms with E-state index in [4.69, 9.17) is 26.4 Å². The fourth-order valence-electron chi connectivity index (χ4n) is 1.03.